The molecular formula is C22H26ClN3. The van der Waals surface area contributed by atoms with Crippen molar-refractivity contribution >= 4 is 11.6 Å². The molecule has 3 rings (SSSR count). The predicted octanol–water partition coefficient (Wildman–Crippen LogP) is 6.49. The zero-order valence-corrected chi connectivity index (χ0v) is 16.1. The van der Waals surface area contributed by atoms with Gasteiger partial charge in [-0.3, -0.25) is 0 Å². The highest BCUT2D eigenvalue weighted by molar-refractivity contribution is 6.30. The van der Waals surface area contributed by atoms with Gasteiger partial charge in [0.05, 0.1) is 17.1 Å². The molecule has 0 aliphatic rings. The predicted molar refractivity (Wildman–Crippen MR) is 109 cm³/mol. The van der Waals surface area contributed by atoms with Gasteiger partial charge in [0.1, 0.15) is 0 Å². The Balaban J connectivity index is 1.82. The van der Waals surface area contributed by atoms with Crippen LogP contribution in [0.5, 0.6) is 0 Å². The molecule has 3 nitrogen and oxygen atoms in total. The molecule has 0 spiro atoms. The van der Waals surface area contributed by atoms with Crippen molar-refractivity contribution in [1.29, 1.82) is 0 Å². The van der Waals surface area contributed by atoms with E-state index in [1.165, 1.54) is 32.1 Å². The molecule has 2 aromatic carbocycles. The molecule has 0 saturated heterocycles. The summed E-state index contributed by atoms with van der Waals surface area (Å²) in [5.74, 6) is 0. The van der Waals surface area contributed by atoms with Crippen molar-refractivity contribution in [3.05, 3.63) is 65.3 Å². The molecule has 0 aliphatic heterocycles. The van der Waals surface area contributed by atoms with Crippen LogP contribution in [-0.2, 0) is 6.42 Å². The standard InChI is InChI=1S/C22H26ClN3/c1-2-3-4-5-6-10-13-21-22(18-11-8-7-9-12-18)26(25-24-21)20-16-14-19(23)15-17-20/h7-9,11-12,14-17H,2-6,10,13H2,1H3. The summed E-state index contributed by atoms with van der Waals surface area (Å²) < 4.78 is 1.93. The van der Waals surface area contributed by atoms with E-state index in [1.807, 2.05) is 35.0 Å². The summed E-state index contributed by atoms with van der Waals surface area (Å²) in [6, 6.07) is 18.1. The maximum atomic E-state index is 6.04. The number of rotatable bonds is 9. The molecule has 3 aromatic rings. The molecular weight excluding hydrogens is 342 g/mol. The second-order valence-electron chi connectivity index (χ2n) is 6.66. The molecule has 1 heterocycles. The largest absolute Gasteiger partial charge is 0.213 e. The molecule has 1 aromatic heterocycles. The van der Waals surface area contributed by atoms with Gasteiger partial charge in [-0.1, -0.05) is 86.2 Å². The van der Waals surface area contributed by atoms with Crippen LogP contribution in [0.15, 0.2) is 54.6 Å². The van der Waals surface area contributed by atoms with Gasteiger partial charge in [-0.05, 0) is 37.1 Å². The Morgan fingerprint density at radius 1 is 0.846 bits per heavy atom. The zero-order valence-electron chi connectivity index (χ0n) is 15.4. The van der Waals surface area contributed by atoms with Gasteiger partial charge >= 0.3 is 0 Å². The number of nitrogens with zero attached hydrogens (tertiary/aromatic N) is 3. The van der Waals surface area contributed by atoms with Crippen molar-refractivity contribution in [3.8, 4) is 16.9 Å². The average Bonchev–Trinajstić information content (AvgIpc) is 3.10. The Hall–Kier alpha value is -2.13. The lowest BCUT2D eigenvalue weighted by Crippen LogP contribution is -2.00. The van der Waals surface area contributed by atoms with E-state index in [-0.39, 0.29) is 0 Å². The highest BCUT2D eigenvalue weighted by atomic mass is 35.5. The van der Waals surface area contributed by atoms with E-state index in [9.17, 15) is 0 Å². The Bertz CT molecular complexity index is 794. The van der Waals surface area contributed by atoms with Gasteiger partial charge in [0, 0.05) is 10.6 Å². The van der Waals surface area contributed by atoms with Gasteiger partial charge in [-0.25, -0.2) is 4.68 Å². The summed E-state index contributed by atoms with van der Waals surface area (Å²) in [5.41, 5.74) is 4.28. The summed E-state index contributed by atoms with van der Waals surface area (Å²) in [5, 5.41) is 9.67. The van der Waals surface area contributed by atoms with Gasteiger partial charge in [-0.2, -0.15) is 0 Å². The van der Waals surface area contributed by atoms with Gasteiger partial charge in [-0.15, -0.1) is 5.10 Å². The molecule has 0 bridgehead atoms. The maximum absolute atomic E-state index is 6.04. The average molecular weight is 368 g/mol. The third-order valence-electron chi connectivity index (χ3n) is 4.63. The second kappa shape index (κ2) is 9.54. The van der Waals surface area contributed by atoms with E-state index in [2.05, 4.69) is 41.5 Å². The minimum Gasteiger partial charge on any atom is -0.213 e. The lowest BCUT2D eigenvalue weighted by Gasteiger charge is -2.09. The molecule has 0 aliphatic carbocycles. The van der Waals surface area contributed by atoms with E-state index in [0.29, 0.717) is 0 Å². The Morgan fingerprint density at radius 3 is 2.27 bits per heavy atom. The molecule has 0 radical (unpaired) electrons. The van der Waals surface area contributed by atoms with E-state index < -0.39 is 0 Å². The van der Waals surface area contributed by atoms with Crippen LogP contribution in [0.4, 0.5) is 0 Å². The zero-order chi connectivity index (χ0) is 18.2. The van der Waals surface area contributed by atoms with E-state index in [4.69, 9.17) is 11.6 Å². The van der Waals surface area contributed by atoms with Gasteiger partial charge < -0.3 is 0 Å². The normalized spacial score (nSPS) is 11.0. The smallest absolute Gasteiger partial charge is 0.0976 e. The number of hydrogen-bond donors (Lipinski definition) is 0. The minimum absolute atomic E-state index is 0.724. The van der Waals surface area contributed by atoms with Crippen molar-refractivity contribution in [3.63, 3.8) is 0 Å². The summed E-state index contributed by atoms with van der Waals surface area (Å²) >= 11 is 6.04. The molecule has 26 heavy (non-hydrogen) atoms. The number of aromatic nitrogens is 3. The Labute approximate surface area is 161 Å². The lowest BCUT2D eigenvalue weighted by molar-refractivity contribution is 0.604. The third-order valence-corrected chi connectivity index (χ3v) is 4.88. The van der Waals surface area contributed by atoms with E-state index in [0.717, 1.165) is 40.5 Å². The van der Waals surface area contributed by atoms with Crippen LogP contribution < -0.4 is 0 Å². The van der Waals surface area contributed by atoms with Gasteiger partial charge in [0.2, 0.25) is 0 Å². The van der Waals surface area contributed by atoms with Gasteiger partial charge in [0.25, 0.3) is 0 Å². The SMILES string of the molecule is CCCCCCCCc1nnn(-c2ccc(Cl)cc2)c1-c1ccccc1. The highest BCUT2D eigenvalue weighted by Gasteiger charge is 2.15. The first-order valence-electron chi connectivity index (χ1n) is 9.55. The molecule has 0 fully saturated rings. The van der Waals surface area contributed by atoms with Crippen molar-refractivity contribution in [2.75, 3.05) is 0 Å². The summed E-state index contributed by atoms with van der Waals surface area (Å²) in [6.07, 6.45) is 8.63. The fourth-order valence-corrected chi connectivity index (χ4v) is 3.33. The first-order chi connectivity index (χ1) is 12.8. The van der Waals surface area contributed by atoms with Crippen LogP contribution in [0.1, 0.15) is 51.1 Å². The van der Waals surface area contributed by atoms with E-state index >= 15 is 0 Å². The van der Waals surface area contributed by atoms with Crippen molar-refractivity contribution in [2.24, 2.45) is 0 Å². The summed E-state index contributed by atoms with van der Waals surface area (Å²) in [7, 11) is 0. The third kappa shape index (κ3) is 4.73. The summed E-state index contributed by atoms with van der Waals surface area (Å²) in [4.78, 5) is 0. The van der Waals surface area contributed by atoms with Crippen molar-refractivity contribution in [1.82, 2.24) is 15.0 Å². The van der Waals surface area contributed by atoms with Crippen LogP contribution in [0.3, 0.4) is 0 Å². The first-order valence-corrected chi connectivity index (χ1v) is 9.93. The number of hydrogen-bond acceptors (Lipinski definition) is 2. The fraction of sp³-hybridized carbons (Fsp3) is 0.364. The van der Waals surface area contributed by atoms with Crippen LogP contribution in [0, 0.1) is 0 Å². The molecule has 0 unspecified atom stereocenters. The quantitative estimate of drug-likeness (QED) is 0.404. The van der Waals surface area contributed by atoms with Crippen molar-refractivity contribution < 1.29 is 0 Å². The van der Waals surface area contributed by atoms with Crippen LogP contribution in [-0.4, -0.2) is 15.0 Å². The van der Waals surface area contributed by atoms with Crippen LogP contribution >= 0.6 is 11.6 Å². The highest BCUT2D eigenvalue weighted by Crippen LogP contribution is 2.27. The summed E-state index contributed by atoms with van der Waals surface area (Å²) in [6.45, 7) is 2.25. The topological polar surface area (TPSA) is 30.7 Å². The van der Waals surface area contributed by atoms with Crippen LogP contribution in [0.2, 0.25) is 5.02 Å². The molecule has 0 amide bonds. The Kier molecular flexibility index (Phi) is 6.84. The lowest BCUT2D eigenvalue weighted by atomic mass is 10.0. The number of aryl methyl sites for hydroxylation is 1. The number of benzene rings is 2. The molecule has 0 atom stereocenters. The van der Waals surface area contributed by atoms with Crippen LogP contribution in [0.25, 0.3) is 16.9 Å². The minimum atomic E-state index is 0.724. The molecule has 0 N–H and O–H groups in total. The van der Waals surface area contributed by atoms with Gasteiger partial charge in [0.15, 0.2) is 0 Å². The second-order valence-corrected chi connectivity index (χ2v) is 7.09. The Morgan fingerprint density at radius 2 is 1.54 bits per heavy atom. The number of halogens is 1. The number of unbranched alkanes of at least 4 members (excludes halogenated alkanes) is 5. The van der Waals surface area contributed by atoms with Crippen molar-refractivity contribution in [2.45, 2.75) is 51.9 Å². The first kappa shape index (κ1) is 18.7. The molecule has 4 heteroatoms. The monoisotopic (exact) mass is 367 g/mol. The fourth-order valence-electron chi connectivity index (χ4n) is 3.20. The van der Waals surface area contributed by atoms with E-state index in [1.54, 1.807) is 0 Å². The molecule has 136 valence electrons. The molecule has 0 saturated carbocycles. The maximum Gasteiger partial charge on any atom is 0.0976 e.